The average molecular weight is 365 g/mol. The molecule has 0 aliphatic carbocycles. The summed E-state index contributed by atoms with van der Waals surface area (Å²) in [6.07, 6.45) is 0. The predicted molar refractivity (Wildman–Crippen MR) is 94.9 cm³/mol. The summed E-state index contributed by atoms with van der Waals surface area (Å²) >= 11 is 7.52. The Balaban J connectivity index is 2.16. The SMILES string of the molecule is CCOC(=O)C1=C(C)N=C2SC(C)C(=O)N2C1c1cccc(Cl)c1. The summed E-state index contributed by atoms with van der Waals surface area (Å²) in [5.74, 6) is -0.529. The molecule has 1 saturated heterocycles. The van der Waals surface area contributed by atoms with E-state index < -0.39 is 12.0 Å². The van der Waals surface area contributed by atoms with Crippen LogP contribution < -0.4 is 0 Å². The number of hydrogen-bond acceptors (Lipinski definition) is 5. The largest absolute Gasteiger partial charge is 0.463 e. The number of halogens is 1. The molecule has 2 aliphatic rings. The van der Waals surface area contributed by atoms with E-state index in [1.165, 1.54) is 11.8 Å². The minimum absolute atomic E-state index is 0.0713. The monoisotopic (exact) mass is 364 g/mol. The van der Waals surface area contributed by atoms with Crippen LogP contribution >= 0.6 is 23.4 Å². The molecule has 2 unspecified atom stereocenters. The van der Waals surface area contributed by atoms with Crippen molar-refractivity contribution in [2.24, 2.45) is 4.99 Å². The molecule has 7 heteroatoms. The first-order valence-electron chi connectivity index (χ1n) is 7.65. The molecule has 0 aromatic heterocycles. The Morgan fingerprint density at radius 2 is 2.21 bits per heavy atom. The van der Waals surface area contributed by atoms with Crippen molar-refractivity contribution in [1.82, 2.24) is 4.90 Å². The Labute approximate surface area is 149 Å². The number of ether oxygens (including phenoxy) is 1. The van der Waals surface area contributed by atoms with Crippen LogP contribution in [0.25, 0.3) is 0 Å². The van der Waals surface area contributed by atoms with Crippen LogP contribution in [0, 0.1) is 0 Å². The van der Waals surface area contributed by atoms with Gasteiger partial charge in [-0.25, -0.2) is 9.79 Å². The molecule has 0 spiro atoms. The summed E-state index contributed by atoms with van der Waals surface area (Å²) in [5, 5.41) is 0.924. The van der Waals surface area contributed by atoms with Crippen molar-refractivity contribution in [2.75, 3.05) is 6.61 Å². The quantitative estimate of drug-likeness (QED) is 0.769. The molecular formula is C17H17ClN2O3S. The highest BCUT2D eigenvalue weighted by Gasteiger charge is 2.46. The van der Waals surface area contributed by atoms with Crippen LogP contribution in [0.4, 0.5) is 0 Å². The van der Waals surface area contributed by atoms with Crippen LogP contribution in [0.2, 0.25) is 5.02 Å². The van der Waals surface area contributed by atoms with Crippen molar-refractivity contribution in [3.8, 4) is 0 Å². The number of benzene rings is 1. The molecule has 3 rings (SSSR count). The van der Waals surface area contributed by atoms with Crippen molar-refractivity contribution in [1.29, 1.82) is 0 Å². The van der Waals surface area contributed by atoms with E-state index in [9.17, 15) is 9.59 Å². The molecule has 5 nitrogen and oxygen atoms in total. The fraction of sp³-hybridized carbons (Fsp3) is 0.353. The molecule has 0 N–H and O–H groups in total. The van der Waals surface area contributed by atoms with E-state index in [1.54, 1.807) is 36.9 Å². The maximum absolute atomic E-state index is 12.7. The zero-order valence-corrected chi connectivity index (χ0v) is 15.1. The van der Waals surface area contributed by atoms with Gasteiger partial charge in [0.2, 0.25) is 5.91 Å². The molecule has 126 valence electrons. The lowest BCUT2D eigenvalue weighted by Gasteiger charge is -2.33. The van der Waals surface area contributed by atoms with Crippen LogP contribution in [0.15, 0.2) is 40.5 Å². The van der Waals surface area contributed by atoms with Crippen LogP contribution in [0.5, 0.6) is 0 Å². The first kappa shape index (κ1) is 17.0. The van der Waals surface area contributed by atoms with E-state index >= 15 is 0 Å². The Morgan fingerprint density at radius 1 is 1.46 bits per heavy atom. The van der Waals surface area contributed by atoms with Crippen molar-refractivity contribution in [3.05, 3.63) is 46.1 Å². The minimum Gasteiger partial charge on any atom is -0.463 e. The Morgan fingerprint density at radius 3 is 2.88 bits per heavy atom. The molecule has 0 saturated carbocycles. The molecule has 2 heterocycles. The lowest BCUT2D eigenvalue weighted by Crippen LogP contribution is -2.40. The number of allylic oxidation sites excluding steroid dienone is 1. The van der Waals surface area contributed by atoms with Gasteiger partial charge >= 0.3 is 5.97 Å². The Hall–Kier alpha value is -1.79. The Bertz CT molecular complexity index is 775. The van der Waals surface area contributed by atoms with Crippen molar-refractivity contribution >= 4 is 40.4 Å². The van der Waals surface area contributed by atoms with E-state index in [2.05, 4.69) is 4.99 Å². The number of nitrogens with zero attached hydrogens (tertiary/aromatic N) is 2. The number of amides is 1. The van der Waals surface area contributed by atoms with Gasteiger partial charge in [-0.1, -0.05) is 35.5 Å². The number of carbonyl (C=O) groups excluding carboxylic acids is 2. The summed E-state index contributed by atoms with van der Waals surface area (Å²) in [6.45, 7) is 5.61. The molecule has 2 atom stereocenters. The van der Waals surface area contributed by atoms with E-state index in [1.807, 2.05) is 13.0 Å². The zero-order valence-electron chi connectivity index (χ0n) is 13.6. The van der Waals surface area contributed by atoms with E-state index in [0.717, 1.165) is 5.56 Å². The number of rotatable bonds is 3. The second kappa shape index (κ2) is 6.61. The fourth-order valence-corrected chi connectivity index (χ4v) is 4.09. The lowest BCUT2D eigenvalue weighted by atomic mass is 9.94. The van der Waals surface area contributed by atoms with Gasteiger partial charge in [0, 0.05) is 5.02 Å². The van der Waals surface area contributed by atoms with Gasteiger partial charge in [0.25, 0.3) is 0 Å². The normalized spacial score (nSPS) is 23.2. The van der Waals surface area contributed by atoms with E-state index in [4.69, 9.17) is 16.3 Å². The molecule has 1 amide bonds. The molecule has 2 aliphatic heterocycles. The van der Waals surface area contributed by atoms with Crippen molar-refractivity contribution < 1.29 is 14.3 Å². The van der Waals surface area contributed by atoms with E-state index in [0.29, 0.717) is 21.5 Å². The van der Waals surface area contributed by atoms with Gasteiger partial charge in [0.05, 0.1) is 29.2 Å². The number of aliphatic imine (C=N–C) groups is 1. The third kappa shape index (κ3) is 2.84. The summed E-state index contributed by atoms with van der Waals surface area (Å²) in [6, 6.07) is 6.61. The summed E-state index contributed by atoms with van der Waals surface area (Å²) in [4.78, 5) is 31.2. The second-order valence-corrected chi connectivity index (χ2v) is 7.28. The minimum atomic E-state index is -0.569. The van der Waals surface area contributed by atoms with Crippen LogP contribution in [0.3, 0.4) is 0 Å². The van der Waals surface area contributed by atoms with Gasteiger partial charge in [-0.05, 0) is 38.5 Å². The highest BCUT2D eigenvalue weighted by atomic mass is 35.5. The van der Waals surface area contributed by atoms with Gasteiger partial charge < -0.3 is 4.74 Å². The third-order valence-corrected chi connectivity index (χ3v) is 5.21. The van der Waals surface area contributed by atoms with Crippen LogP contribution in [-0.4, -0.2) is 33.8 Å². The number of esters is 1. The topological polar surface area (TPSA) is 59.0 Å². The van der Waals surface area contributed by atoms with Crippen LogP contribution in [-0.2, 0) is 14.3 Å². The molecule has 0 radical (unpaired) electrons. The van der Waals surface area contributed by atoms with Gasteiger partial charge in [-0.3, -0.25) is 9.69 Å². The smallest absolute Gasteiger partial charge is 0.338 e. The molecule has 1 fully saturated rings. The number of fused-ring (bicyclic) bond motifs is 1. The molecule has 24 heavy (non-hydrogen) atoms. The van der Waals surface area contributed by atoms with Gasteiger partial charge in [-0.2, -0.15) is 0 Å². The standard InChI is InChI=1S/C17H17ClN2O3S/c1-4-23-16(22)13-9(2)19-17-20(15(21)10(3)24-17)14(13)11-6-5-7-12(18)8-11/h5-8,10,14H,4H2,1-3H3. The lowest BCUT2D eigenvalue weighted by molar-refractivity contribution is -0.139. The fourth-order valence-electron chi connectivity index (χ4n) is 2.86. The van der Waals surface area contributed by atoms with E-state index in [-0.39, 0.29) is 17.8 Å². The van der Waals surface area contributed by atoms with Gasteiger partial charge in [-0.15, -0.1) is 0 Å². The summed E-state index contributed by atoms with van der Waals surface area (Å²) in [5.41, 5.74) is 1.71. The highest BCUT2D eigenvalue weighted by molar-refractivity contribution is 8.15. The molecule has 1 aromatic carbocycles. The molecule has 0 bridgehead atoms. The Kier molecular flexibility index (Phi) is 4.69. The summed E-state index contributed by atoms with van der Waals surface area (Å²) < 4.78 is 5.20. The highest BCUT2D eigenvalue weighted by Crippen LogP contribution is 2.43. The zero-order chi connectivity index (χ0) is 17.4. The molecule has 1 aromatic rings. The van der Waals surface area contributed by atoms with Gasteiger partial charge in [0.15, 0.2) is 5.17 Å². The van der Waals surface area contributed by atoms with Crippen LogP contribution in [0.1, 0.15) is 32.4 Å². The number of carbonyl (C=O) groups is 2. The average Bonchev–Trinajstić information content (AvgIpc) is 2.80. The van der Waals surface area contributed by atoms with Gasteiger partial charge in [0.1, 0.15) is 0 Å². The number of hydrogen-bond donors (Lipinski definition) is 0. The first-order valence-corrected chi connectivity index (χ1v) is 8.91. The number of amidine groups is 1. The molecular weight excluding hydrogens is 348 g/mol. The predicted octanol–water partition coefficient (Wildman–Crippen LogP) is 3.55. The summed E-state index contributed by atoms with van der Waals surface area (Å²) in [7, 11) is 0. The number of thioether (sulfide) groups is 1. The first-order chi connectivity index (χ1) is 11.4. The maximum atomic E-state index is 12.7. The van der Waals surface area contributed by atoms with Crippen molar-refractivity contribution in [3.63, 3.8) is 0 Å². The van der Waals surface area contributed by atoms with Crippen molar-refractivity contribution in [2.45, 2.75) is 32.1 Å². The maximum Gasteiger partial charge on any atom is 0.338 e. The third-order valence-electron chi connectivity index (χ3n) is 3.92. The second-order valence-electron chi connectivity index (χ2n) is 5.54.